The van der Waals surface area contributed by atoms with Gasteiger partial charge in [0.05, 0.1) is 13.1 Å². The summed E-state index contributed by atoms with van der Waals surface area (Å²) in [5, 5.41) is 10.7. The van der Waals surface area contributed by atoms with Crippen LogP contribution in [-0.4, -0.2) is 19.1 Å². The van der Waals surface area contributed by atoms with E-state index in [4.69, 9.17) is 0 Å². The van der Waals surface area contributed by atoms with Gasteiger partial charge < -0.3 is 14.8 Å². The quantitative estimate of drug-likeness (QED) is 0.853. The highest BCUT2D eigenvalue weighted by atomic mass is 79.9. The van der Waals surface area contributed by atoms with E-state index in [1.54, 1.807) is 0 Å². The molecular formula is C13H16BrNO2. The van der Waals surface area contributed by atoms with E-state index in [0.717, 1.165) is 36.9 Å². The second-order valence-electron chi connectivity index (χ2n) is 4.65. The van der Waals surface area contributed by atoms with Gasteiger partial charge in [0.1, 0.15) is 6.54 Å². The van der Waals surface area contributed by atoms with Gasteiger partial charge >= 0.3 is 0 Å². The minimum absolute atomic E-state index is 0.233. The van der Waals surface area contributed by atoms with Gasteiger partial charge in [-0.05, 0) is 12.1 Å². The molecule has 1 aromatic rings. The zero-order valence-electron chi connectivity index (χ0n) is 9.62. The molecule has 0 spiro atoms. The second-order valence-corrected chi connectivity index (χ2v) is 5.56. The lowest BCUT2D eigenvalue weighted by molar-refractivity contribution is -0.919. The number of hydrogen-bond acceptors (Lipinski definition) is 2. The summed E-state index contributed by atoms with van der Waals surface area (Å²) in [4.78, 5) is 12.2. The Balaban J connectivity index is 1.85. The topological polar surface area (TPSA) is 44.6 Å². The number of piperidine rings is 1. The van der Waals surface area contributed by atoms with Crippen molar-refractivity contribution in [3.05, 3.63) is 34.3 Å². The molecule has 1 saturated heterocycles. The van der Waals surface area contributed by atoms with Crippen LogP contribution in [0.15, 0.2) is 28.7 Å². The number of carboxylic acid groups (broad SMARTS) is 1. The van der Waals surface area contributed by atoms with Gasteiger partial charge in [0.25, 0.3) is 0 Å². The van der Waals surface area contributed by atoms with Crippen molar-refractivity contribution in [1.29, 1.82) is 0 Å². The van der Waals surface area contributed by atoms with Crippen LogP contribution in [0.2, 0.25) is 0 Å². The fourth-order valence-electron chi connectivity index (χ4n) is 2.33. The predicted molar refractivity (Wildman–Crippen MR) is 66.3 cm³/mol. The van der Waals surface area contributed by atoms with Gasteiger partial charge in [-0.1, -0.05) is 28.1 Å². The number of carbonyl (C=O) groups is 1. The van der Waals surface area contributed by atoms with E-state index in [9.17, 15) is 9.90 Å². The third-order valence-corrected chi connectivity index (χ3v) is 3.92. The molecule has 1 aliphatic heterocycles. The molecule has 1 heterocycles. The Labute approximate surface area is 110 Å². The highest BCUT2D eigenvalue weighted by Crippen LogP contribution is 2.11. The third-order valence-electron chi connectivity index (χ3n) is 3.39. The van der Waals surface area contributed by atoms with Crippen molar-refractivity contribution in [3.63, 3.8) is 0 Å². The smallest absolute Gasteiger partial charge is 0.103 e. The van der Waals surface area contributed by atoms with Crippen LogP contribution in [0.4, 0.5) is 0 Å². The number of hydrogen-bond donors (Lipinski definition) is 1. The van der Waals surface area contributed by atoms with Gasteiger partial charge in [-0.25, -0.2) is 0 Å². The summed E-state index contributed by atoms with van der Waals surface area (Å²) in [6.45, 7) is 2.83. The van der Waals surface area contributed by atoms with Crippen LogP contribution in [0.5, 0.6) is 0 Å². The highest BCUT2D eigenvalue weighted by Gasteiger charge is 2.22. The maximum Gasteiger partial charge on any atom is 0.103 e. The summed E-state index contributed by atoms with van der Waals surface area (Å²) in [6, 6.07) is 8.31. The molecule has 17 heavy (non-hydrogen) atoms. The standard InChI is InChI=1S/C13H16BrNO2/c14-12-3-1-10(2-4-12)9-15-7-5-11(6-8-15)13(16)17/h1-4,11H,5-9H2,(H,16,17). The first kappa shape index (κ1) is 12.6. The molecule has 0 atom stereocenters. The van der Waals surface area contributed by atoms with E-state index in [0.29, 0.717) is 0 Å². The Morgan fingerprint density at radius 1 is 1.29 bits per heavy atom. The Hall–Kier alpha value is -0.870. The van der Waals surface area contributed by atoms with E-state index >= 15 is 0 Å². The van der Waals surface area contributed by atoms with E-state index in [-0.39, 0.29) is 5.92 Å². The average molecular weight is 298 g/mol. The lowest BCUT2D eigenvalue weighted by Gasteiger charge is -2.29. The molecule has 0 amide bonds. The summed E-state index contributed by atoms with van der Waals surface area (Å²) in [5.74, 6) is -1.11. The monoisotopic (exact) mass is 297 g/mol. The largest absolute Gasteiger partial charge is 0.550 e. The molecule has 0 radical (unpaired) electrons. The lowest BCUT2D eigenvalue weighted by atomic mass is 9.97. The molecule has 0 bridgehead atoms. The van der Waals surface area contributed by atoms with E-state index in [2.05, 4.69) is 28.1 Å². The maximum absolute atomic E-state index is 10.7. The number of aliphatic carboxylic acids is 1. The molecule has 2 rings (SSSR count). The minimum Gasteiger partial charge on any atom is -0.550 e. The maximum atomic E-state index is 10.7. The fraction of sp³-hybridized carbons (Fsp3) is 0.462. The molecule has 3 nitrogen and oxygen atoms in total. The normalized spacial score (nSPS) is 24.5. The molecular weight excluding hydrogens is 282 g/mol. The number of likely N-dealkylation sites (tertiary alicyclic amines) is 1. The molecule has 1 aromatic carbocycles. The Bertz CT molecular complexity index is 383. The lowest BCUT2D eigenvalue weighted by Crippen LogP contribution is -3.11. The van der Waals surface area contributed by atoms with Crippen LogP contribution in [0, 0.1) is 5.92 Å². The van der Waals surface area contributed by atoms with Gasteiger partial charge in [-0.3, -0.25) is 0 Å². The minimum atomic E-state index is -0.882. The number of nitrogens with one attached hydrogen (secondary N) is 1. The van der Waals surface area contributed by atoms with Crippen LogP contribution in [0.3, 0.4) is 0 Å². The number of carboxylic acids is 1. The first-order valence-corrected chi connectivity index (χ1v) is 6.73. The van der Waals surface area contributed by atoms with Crippen molar-refractivity contribution in [2.75, 3.05) is 13.1 Å². The zero-order valence-corrected chi connectivity index (χ0v) is 11.2. The summed E-state index contributed by atoms with van der Waals surface area (Å²) in [6.07, 6.45) is 1.49. The Morgan fingerprint density at radius 2 is 1.88 bits per heavy atom. The molecule has 0 saturated carbocycles. The first-order chi connectivity index (χ1) is 8.15. The van der Waals surface area contributed by atoms with Gasteiger partial charge in [0, 0.05) is 34.8 Å². The molecule has 1 aliphatic rings. The van der Waals surface area contributed by atoms with Gasteiger partial charge in [-0.15, -0.1) is 0 Å². The van der Waals surface area contributed by atoms with Crippen LogP contribution in [-0.2, 0) is 11.3 Å². The van der Waals surface area contributed by atoms with Crippen molar-refractivity contribution in [2.24, 2.45) is 5.92 Å². The first-order valence-electron chi connectivity index (χ1n) is 5.94. The zero-order chi connectivity index (χ0) is 12.3. The van der Waals surface area contributed by atoms with E-state index in [1.165, 1.54) is 10.5 Å². The van der Waals surface area contributed by atoms with Crippen molar-refractivity contribution < 1.29 is 14.8 Å². The number of benzene rings is 1. The van der Waals surface area contributed by atoms with Gasteiger partial charge in [-0.2, -0.15) is 0 Å². The Morgan fingerprint density at radius 3 is 2.41 bits per heavy atom. The molecule has 0 aromatic heterocycles. The Kier molecular flexibility index (Phi) is 4.18. The number of carbonyl (C=O) groups excluding carboxylic acids is 1. The van der Waals surface area contributed by atoms with Crippen molar-refractivity contribution in [3.8, 4) is 0 Å². The summed E-state index contributed by atoms with van der Waals surface area (Å²) in [7, 11) is 0. The van der Waals surface area contributed by atoms with Gasteiger partial charge in [0.15, 0.2) is 0 Å². The van der Waals surface area contributed by atoms with Crippen molar-refractivity contribution in [1.82, 2.24) is 0 Å². The summed E-state index contributed by atoms with van der Waals surface area (Å²) in [5.41, 5.74) is 1.30. The summed E-state index contributed by atoms with van der Waals surface area (Å²) < 4.78 is 1.09. The van der Waals surface area contributed by atoms with Crippen LogP contribution < -0.4 is 10.0 Å². The fourth-order valence-corrected chi connectivity index (χ4v) is 2.59. The van der Waals surface area contributed by atoms with E-state index in [1.807, 2.05) is 12.1 Å². The molecule has 0 aliphatic carbocycles. The van der Waals surface area contributed by atoms with Gasteiger partial charge in [0.2, 0.25) is 0 Å². The molecule has 4 heteroatoms. The summed E-state index contributed by atoms with van der Waals surface area (Å²) >= 11 is 3.42. The van der Waals surface area contributed by atoms with Crippen LogP contribution in [0.25, 0.3) is 0 Å². The van der Waals surface area contributed by atoms with E-state index < -0.39 is 5.97 Å². The molecule has 0 unspecified atom stereocenters. The second kappa shape index (κ2) is 5.65. The molecule has 1 N–H and O–H groups in total. The number of halogens is 1. The van der Waals surface area contributed by atoms with Crippen molar-refractivity contribution in [2.45, 2.75) is 19.4 Å². The average Bonchev–Trinajstić information content (AvgIpc) is 2.33. The SMILES string of the molecule is O=C([O-])C1CC[NH+](Cc2ccc(Br)cc2)CC1. The number of quaternary nitrogens is 1. The predicted octanol–water partition coefficient (Wildman–Crippen LogP) is -0.00610. The molecule has 1 fully saturated rings. The third kappa shape index (κ3) is 3.54. The highest BCUT2D eigenvalue weighted by molar-refractivity contribution is 9.10. The van der Waals surface area contributed by atoms with Crippen LogP contribution >= 0.6 is 15.9 Å². The number of rotatable bonds is 3. The van der Waals surface area contributed by atoms with Crippen molar-refractivity contribution >= 4 is 21.9 Å². The molecule has 92 valence electrons. The van der Waals surface area contributed by atoms with Crippen LogP contribution in [0.1, 0.15) is 18.4 Å².